The highest BCUT2D eigenvalue weighted by Gasteiger charge is 2.50. The zero-order chi connectivity index (χ0) is 100. The number of aliphatic hydroxyl groups excluding tert-OH is 2. The lowest BCUT2D eigenvalue weighted by molar-refractivity contribution is 0.0117. The summed E-state index contributed by atoms with van der Waals surface area (Å²) in [5.74, 6) is -1.59. The molecule has 139 heavy (non-hydrogen) atoms. The zero-order valence-electron chi connectivity index (χ0n) is 82.9. The maximum Gasteiger partial charge on any atom is 0.280 e. The molecule has 8 aromatic rings. The minimum Gasteiger partial charge on any atom is -0.393 e. The van der Waals surface area contributed by atoms with E-state index in [9.17, 15) is 67.6 Å². The molecule has 3 saturated carbocycles. The maximum atomic E-state index is 14.0. The summed E-state index contributed by atoms with van der Waals surface area (Å²) < 4.78 is 28.1. The molecule has 6 bridgehead atoms. The number of aliphatic hydroxyl groups is 4. The van der Waals surface area contributed by atoms with Gasteiger partial charge in [0.05, 0.1) is 61.5 Å². The van der Waals surface area contributed by atoms with E-state index in [1.54, 1.807) is 67.1 Å². The van der Waals surface area contributed by atoms with Crippen LogP contribution in [0.3, 0.4) is 0 Å². The summed E-state index contributed by atoms with van der Waals surface area (Å²) in [7, 11) is 0. The number of amides is 8. The highest BCUT2D eigenvalue weighted by Crippen LogP contribution is 2.47. The van der Waals surface area contributed by atoms with E-state index in [0.29, 0.717) is 79.8 Å². The maximum absolute atomic E-state index is 14.0. The minimum atomic E-state index is -2.96. The van der Waals surface area contributed by atoms with Gasteiger partial charge in [0.1, 0.15) is 46.0 Å². The van der Waals surface area contributed by atoms with Crippen molar-refractivity contribution < 1.29 is 67.6 Å². The molecule has 18 rings (SSSR count). The number of nitrogens with one attached hydrogen (secondary N) is 8. The molecule has 3 aliphatic carbocycles. The van der Waals surface area contributed by atoms with Gasteiger partial charge in [0.2, 0.25) is 0 Å². The largest absolute Gasteiger partial charge is 0.393 e. The molecule has 8 amide bonds. The van der Waals surface area contributed by atoms with Crippen molar-refractivity contribution in [2.75, 3.05) is 27.8 Å². The molecule has 10 fully saturated rings. The molecule has 10 aliphatic rings. The summed E-state index contributed by atoms with van der Waals surface area (Å²) in [6.07, 6.45) is 24.6. The van der Waals surface area contributed by atoms with E-state index in [4.69, 9.17) is 0 Å². The fourth-order valence-corrected chi connectivity index (χ4v) is 24.2. The van der Waals surface area contributed by atoms with Crippen LogP contribution >= 0.6 is 45.3 Å². The van der Waals surface area contributed by atoms with Gasteiger partial charge in [0, 0.05) is 132 Å². The standard InChI is InChI=1S/C27H35N5O3S.2C25H35N5O3S.C24H31F2N5O3S/c1-14-11-22(29-15(2)16-3-4-16)28-13-21(14)24-23(27(35)32-18-6-7-19(32)9-8-18)31-26(36-24)25(34)30-17-5-10-20(33)12-17;2*1-13(2)27-19-11-14(3)18(12-26-19)21-20(24(32)30-16-7-8-17(30)10-9-16)29-23(34-21)22(31)28-15(4)25(5,6)33;1-5-13(3)28-18-6-12(2)17(10-27-18)20-19(23(34)31-11-24(25,26)9-14(31)4)30-22(35-20)21(33)29-15-7-16(32)8-15/h11,13,15-20,33H,3-10,12H2,1-2H3,(H,28,29)(H,30,34);2*11-13,15-17,33H,7-10H2,1-6H3,(H,26,27)(H,28,31);6,10,13-16,32H,5,7-9,11H2,1-4H3,(H,27,28)(H,29,33)/t15-,17+,18?,19?,20+;2*15-,16?,17?;13-,14+,15?,16?/m1101/s1. The monoisotopic (exact) mass is 1990 g/mol. The van der Waals surface area contributed by atoms with Crippen LogP contribution in [0, 0.1) is 33.6 Å². The summed E-state index contributed by atoms with van der Waals surface area (Å²) >= 11 is 4.72. The third-order valence-electron chi connectivity index (χ3n) is 29.0. The molecule has 7 saturated heterocycles. The van der Waals surface area contributed by atoms with E-state index in [0.717, 1.165) is 173 Å². The molecule has 0 aromatic carbocycles. The number of likely N-dealkylation sites (tertiary alicyclic amines) is 1. The molecule has 0 spiro atoms. The molecule has 0 unspecified atom stereocenters. The SMILES string of the molecule is CC[C@@H](C)Nc1cc(C)c(-c2sc(C(=O)NC3CC(O)C3)nc2C(=O)N2CC(F)(F)C[C@@H]2C)cn1.Cc1cc(NC(C)C)ncc1-c1sc(C(=O)N[C@@H](C)C(C)(C)O)nc1C(=O)N1C2CCC1CC2.Cc1cc(NC(C)C)ncc1-c1sc(C(=O)N[C@H](C)C(C)(C)O)nc1C(=O)N1C2CCC1CC2.Cc1cc(N[C@H](C)C2CC2)ncc1-c1sc(C(=O)N[C@H]2CC[C@H](O)C2)nc1C(=O)N1C2CCC1CC2. The lowest BCUT2D eigenvalue weighted by Crippen LogP contribution is -2.47. The predicted octanol–water partition coefficient (Wildman–Crippen LogP) is 16.0. The normalized spacial score (nSPS) is 23.4. The van der Waals surface area contributed by atoms with Crippen LogP contribution in [0.1, 0.15) is 335 Å². The van der Waals surface area contributed by atoms with Gasteiger partial charge in [-0.2, -0.15) is 0 Å². The molecular weight excluding hydrogens is 1850 g/mol. The first kappa shape index (κ1) is 103. The number of nitrogens with zero attached hydrogens (tertiary/aromatic N) is 12. The third-order valence-corrected chi connectivity index (χ3v) is 33.3. The van der Waals surface area contributed by atoms with Gasteiger partial charge in [-0.15, -0.1) is 45.3 Å². The van der Waals surface area contributed by atoms with Gasteiger partial charge in [-0.25, -0.2) is 48.7 Å². The first-order chi connectivity index (χ1) is 65.7. The number of halogens is 2. The summed E-state index contributed by atoms with van der Waals surface area (Å²) in [5, 5.41) is 65.5. The molecular formula is C101H136F2N20O12S4. The number of aromatic nitrogens is 8. The average Bonchev–Trinajstić information content (AvgIpc) is 1.63. The fourth-order valence-electron chi connectivity index (χ4n) is 20.0. The molecule has 750 valence electrons. The van der Waals surface area contributed by atoms with Crippen molar-refractivity contribution in [3.8, 4) is 41.8 Å². The van der Waals surface area contributed by atoms with E-state index in [-0.39, 0.29) is 117 Å². The quantitative estimate of drug-likeness (QED) is 0.0217. The molecule has 15 heterocycles. The number of alkyl halides is 2. The fraction of sp³-hybridized carbons (Fsp3) is 0.604. The Kier molecular flexibility index (Phi) is 31.6. The Bertz CT molecular complexity index is 5650. The molecule has 0 radical (unpaired) electrons. The van der Waals surface area contributed by atoms with Crippen molar-refractivity contribution in [2.24, 2.45) is 5.92 Å². The van der Waals surface area contributed by atoms with E-state index in [2.05, 4.69) is 124 Å². The molecule has 7 atom stereocenters. The second-order valence-electron chi connectivity index (χ2n) is 41.6. The first-order valence-electron chi connectivity index (χ1n) is 49.4. The Labute approximate surface area is 828 Å². The lowest BCUT2D eigenvalue weighted by Gasteiger charge is -2.31. The van der Waals surface area contributed by atoms with Crippen molar-refractivity contribution in [3.05, 3.63) is 114 Å². The second-order valence-corrected chi connectivity index (χ2v) is 45.6. The van der Waals surface area contributed by atoms with Gasteiger partial charge in [0.15, 0.2) is 20.0 Å². The highest BCUT2D eigenvalue weighted by atomic mass is 32.1. The summed E-state index contributed by atoms with van der Waals surface area (Å²) in [6.45, 7) is 33.3. The number of fused-ring (bicyclic) bond motifs is 6. The van der Waals surface area contributed by atoms with Crippen molar-refractivity contribution in [3.63, 3.8) is 0 Å². The van der Waals surface area contributed by atoms with Gasteiger partial charge in [-0.05, 0) is 299 Å². The van der Waals surface area contributed by atoms with Gasteiger partial charge in [0.25, 0.3) is 53.2 Å². The third kappa shape index (κ3) is 23.7. The van der Waals surface area contributed by atoms with Crippen LogP contribution in [0.15, 0.2) is 49.1 Å². The van der Waals surface area contributed by atoms with Gasteiger partial charge >= 0.3 is 0 Å². The molecule has 32 nitrogen and oxygen atoms in total. The van der Waals surface area contributed by atoms with Crippen LogP contribution in [0.2, 0.25) is 0 Å². The second kappa shape index (κ2) is 42.5. The van der Waals surface area contributed by atoms with E-state index in [1.165, 1.54) is 46.9 Å². The number of hydrogen-bond acceptors (Lipinski definition) is 28. The number of carbonyl (C=O) groups excluding carboxylic acids is 8. The number of hydrogen-bond donors (Lipinski definition) is 12. The van der Waals surface area contributed by atoms with Crippen LogP contribution in [0.5, 0.6) is 0 Å². The number of rotatable bonds is 28. The van der Waals surface area contributed by atoms with Gasteiger partial charge in [-0.1, -0.05) is 6.92 Å². The summed E-state index contributed by atoms with van der Waals surface area (Å²) in [5.41, 5.74) is 5.63. The number of aryl methyl sites for hydroxylation is 4. The van der Waals surface area contributed by atoms with E-state index < -0.39 is 77.9 Å². The van der Waals surface area contributed by atoms with Crippen molar-refractivity contribution in [1.29, 1.82) is 0 Å². The Morgan fingerprint density at radius 3 is 1.02 bits per heavy atom. The summed E-state index contributed by atoms with van der Waals surface area (Å²) in [4.78, 5) is 153. The van der Waals surface area contributed by atoms with Crippen molar-refractivity contribution in [2.45, 2.75) is 379 Å². The van der Waals surface area contributed by atoms with Crippen molar-refractivity contribution >= 4 is 116 Å². The van der Waals surface area contributed by atoms with Gasteiger partial charge < -0.3 is 82.6 Å². The number of carbonyl (C=O) groups is 8. The Morgan fingerprint density at radius 1 is 0.432 bits per heavy atom. The lowest BCUT2D eigenvalue weighted by atomic mass is 9.89. The number of pyridine rings is 4. The number of thiazole rings is 4. The topological polar surface area (TPSA) is 430 Å². The molecule has 8 aromatic heterocycles. The highest BCUT2D eigenvalue weighted by molar-refractivity contribution is 7.18. The average molecular weight is 1990 g/mol. The van der Waals surface area contributed by atoms with E-state index >= 15 is 0 Å². The predicted molar refractivity (Wildman–Crippen MR) is 538 cm³/mol. The molecule has 12 N–H and O–H groups in total. The van der Waals surface area contributed by atoms with Gasteiger partial charge in [-0.3, -0.25) is 38.4 Å². The molecule has 38 heteroatoms. The number of anilines is 4. The summed E-state index contributed by atoms with van der Waals surface area (Å²) in [6, 6.07) is 8.69. The van der Waals surface area contributed by atoms with Crippen molar-refractivity contribution in [1.82, 2.24) is 80.7 Å². The van der Waals surface area contributed by atoms with Crippen LogP contribution in [0.25, 0.3) is 41.8 Å². The Morgan fingerprint density at radius 2 is 0.741 bits per heavy atom. The van der Waals surface area contributed by atoms with Crippen LogP contribution in [0.4, 0.5) is 32.1 Å². The van der Waals surface area contributed by atoms with Crippen LogP contribution in [-0.2, 0) is 0 Å². The molecule has 7 aliphatic heterocycles. The minimum absolute atomic E-state index is 0.0223. The van der Waals surface area contributed by atoms with Crippen LogP contribution in [-0.4, -0.2) is 254 Å². The van der Waals surface area contributed by atoms with Crippen LogP contribution < -0.4 is 42.5 Å². The Balaban J connectivity index is 0.000000140. The Hall–Kier alpha value is -10.2. The smallest absolute Gasteiger partial charge is 0.280 e. The van der Waals surface area contributed by atoms with E-state index in [1.807, 2.05) is 79.8 Å². The first-order valence-corrected chi connectivity index (χ1v) is 52.7. The zero-order valence-corrected chi connectivity index (χ0v) is 86.1.